The highest BCUT2D eigenvalue weighted by molar-refractivity contribution is 5.82. The van der Waals surface area contributed by atoms with E-state index in [1.54, 1.807) is 6.92 Å². The van der Waals surface area contributed by atoms with Gasteiger partial charge in [-0.3, -0.25) is 4.79 Å². The summed E-state index contributed by atoms with van der Waals surface area (Å²) in [5.74, 6) is -1.49. The van der Waals surface area contributed by atoms with E-state index in [0.717, 1.165) is 18.2 Å². The second-order valence-corrected chi connectivity index (χ2v) is 5.74. The van der Waals surface area contributed by atoms with Crippen LogP contribution in [0.1, 0.15) is 39.3 Å². The fraction of sp³-hybridized carbons (Fsp3) is 0.500. The maximum Gasteiger partial charge on any atom is 0.237 e. The van der Waals surface area contributed by atoms with Crippen molar-refractivity contribution < 1.29 is 13.6 Å². The van der Waals surface area contributed by atoms with Crippen LogP contribution in [0.25, 0.3) is 0 Å². The Hall–Kier alpha value is -1.49. The molecule has 1 unspecified atom stereocenters. The number of nitrogens with one attached hydrogen (secondary N) is 1. The molecule has 1 amide bonds. The van der Waals surface area contributed by atoms with Crippen LogP contribution in [0.15, 0.2) is 18.2 Å². The van der Waals surface area contributed by atoms with E-state index < -0.39 is 29.1 Å². The number of halogens is 2. The monoisotopic (exact) mass is 270 g/mol. The zero-order chi connectivity index (χ0) is 14.8. The molecule has 0 heterocycles. The Balaban J connectivity index is 2.83. The second kappa shape index (κ2) is 5.65. The van der Waals surface area contributed by atoms with Gasteiger partial charge in [0.1, 0.15) is 11.6 Å². The Bertz CT molecular complexity index is 469. The van der Waals surface area contributed by atoms with Gasteiger partial charge in [-0.05, 0) is 30.5 Å². The molecule has 0 aliphatic carbocycles. The minimum Gasteiger partial charge on any atom is -0.348 e. The van der Waals surface area contributed by atoms with Gasteiger partial charge in [-0.25, -0.2) is 8.78 Å². The van der Waals surface area contributed by atoms with Gasteiger partial charge in [0.05, 0.1) is 12.1 Å². The zero-order valence-corrected chi connectivity index (χ0v) is 11.6. The Kier molecular flexibility index (Phi) is 4.63. The van der Waals surface area contributed by atoms with Crippen molar-refractivity contribution in [3.05, 3.63) is 35.4 Å². The molecule has 106 valence electrons. The summed E-state index contributed by atoms with van der Waals surface area (Å²) in [7, 11) is 0. The molecule has 2 atom stereocenters. The average Bonchev–Trinajstić information content (AvgIpc) is 2.29. The number of amides is 1. The Morgan fingerprint density at radius 2 is 1.89 bits per heavy atom. The van der Waals surface area contributed by atoms with E-state index >= 15 is 0 Å². The van der Waals surface area contributed by atoms with E-state index in [1.165, 1.54) is 0 Å². The van der Waals surface area contributed by atoms with Crippen molar-refractivity contribution in [2.75, 3.05) is 0 Å². The zero-order valence-electron chi connectivity index (χ0n) is 11.6. The first-order valence-electron chi connectivity index (χ1n) is 6.14. The molecule has 0 aliphatic heterocycles. The number of hydrogen-bond donors (Lipinski definition) is 2. The molecule has 0 radical (unpaired) electrons. The normalized spacial score (nSPS) is 14.9. The molecule has 19 heavy (non-hydrogen) atoms. The van der Waals surface area contributed by atoms with Crippen LogP contribution in [0.5, 0.6) is 0 Å². The van der Waals surface area contributed by atoms with E-state index in [9.17, 15) is 13.6 Å². The van der Waals surface area contributed by atoms with Crippen LogP contribution in [-0.4, -0.2) is 11.9 Å². The van der Waals surface area contributed by atoms with Gasteiger partial charge in [0.25, 0.3) is 0 Å². The highest BCUT2D eigenvalue weighted by Gasteiger charge is 2.28. The molecule has 0 saturated heterocycles. The molecule has 3 nitrogen and oxygen atoms in total. The van der Waals surface area contributed by atoms with E-state index in [-0.39, 0.29) is 11.5 Å². The lowest BCUT2D eigenvalue weighted by molar-refractivity contribution is -0.125. The first kappa shape index (κ1) is 15.6. The van der Waals surface area contributed by atoms with E-state index in [2.05, 4.69) is 5.32 Å². The second-order valence-electron chi connectivity index (χ2n) is 5.74. The quantitative estimate of drug-likeness (QED) is 0.886. The maximum atomic E-state index is 13.6. The summed E-state index contributed by atoms with van der Waals surface area (Å²) in [6, 6.07) is 1.79. The van der Waals surface area contributed by atoms with Crippen LogP contribution in [-0.2, 0) is 4.79 Å². The molecule has 0 fully saturated rings. The van der Waals surface area contributed by atoms with Crippen molar-refractivity contribution in [1.82, 2.24) is 5.32 Å². The van der Waals surface area contributed by atoms with Crippen LogP contribution in [0.2, 0.25) is 0 Å². The third kappa shape index (κ3) is 3.99. The lowest BCUT2D eigenvalue weighted by Crippen LogP contribution is -2.49. The van der Waals surface area contributed by atoms with Crippen molar-refractivity contribution in [3.63, 3.8) is 0 Å². The van der Waals surface area contributed by atoms with Crippen LogP contribution < -0.4 is 11.1 Å². The van der Waals surface area contributed by atoms with Gasteiger partial charge in [0.15, 0.2) is 0 Å². The highest BCUT2D eigenvalue weighted by Crippen LogP contribution is 2.21. The summed E-state index contributed by atoms with van der Waals surface area (Å²) in [5.41, 5.74) is 5.52. The first-order valence-corrected chi connectivity index (χ1v) is 6.14. The molecule has 1 rings (SSSR count). The summed E-state index contributed by atoms with van der Waals surface area (Å²) in [6.07, 6.45) is 0. The molecule has 1 aromatic carbocycles. The predicted octanol–water partition coefficient (Wildman–Crippen LogP) is 2.52. The van der Waals surface area contributed by atoms with E-state index in [4.69, 9.17) is 5.73 Å². The third-order valence-corrected chi connectivity index (χ3v) is 3.00. The van der Waals surface area contributed by atoms with Gasteiger partial charge >= 0.3 is 0 Å². The number of carbonyl (C=O) groups excluding carboxylic acids is 1. The van der Waals surface area contributed by atoms with Gasteiger partial charge in [0, 0.05) is 5.56 Å². The van der Waals surface area contributed by atoms with Gasteiger partial charge in [0.2, 0.25) is 5.91 Å². The minimum atomic E-state index is -0.716. The maximum absolute atomic E-state index is 13.6. The Morgan fingerprint density at radius 3 is 2.42 bits per heavy atom. The lowest BCUT2D eigenvalue weighted by Gasteiger charge is -2.27. The van der Waals surface area contributed by atoms with Crippen LogP contribution in [0, 0.1) is 17.0 Å². The molecule has 0 saturated carbocycles. The van der Waals surface area contributed by atoms with Crippen LogP contribution in [0.3, 0.4) is 0 Å². The first-order chi connectivity index (χ1) is 8.62. The van der Waals surface area contributed by atoms with Gasteiger partial charge in [-0.2, -0.15) is 0 Å². The predicted molar refractivity (Wildman–Crippen MR) is 70.3 cm³/mol. The number of nitrogens with two attached hydrogens (primary N) is 1. The standard InChI is InChI=1S/C14H20F2N2O/c1-8(10-7-9(15)5-6-11(10)16)18-13(19)12(17)14(2,3)4/h5-8,12H,17H2,1-4H3,(H,18,19)/t8?,12-/m1/s1. The van der Waals surface area contributed by atoms with Crippen molar-refractivity contribution in [1.29, 1.82) is 0 Å². The molecule has 0 bridgehead atoms. The number of rotatable bonds is 3. The smallest absolute Gasteiger partial charge is 0.237 e. The Labute approximate surface area is 112 Å². The summed E-state index contributed by atoms with van der Waals surface area (Å²) in [6.45, 7) is 7.10. The van der Waals surface area contributed by atoms with Crippen molar-refractivity contribution in [2.24, 2.45) is 11.1 Å². The molecular weight excluding hydrogens is 250 g/mol. The topological polar surface area (TPSA) is 55.1 Å². The van der Waals surface area contributed by atoms with Gasteiger partial charge < -0.3 is 11.1 Å². The molecule has 5 heteroatoms. The third-order valence-electron chi connectivity index (χ3n) is 3.00. The fourth-order valence-electron chi connectivity index (χ4n) is 1.62. The SMILES string of the molecule is CC(NC(=O)[C@@H](N)C(C)(C)C)c1cc(F)ccc1F. The van der Waals surface area contributed by atoms with Crippen molar-refractivity contribution in [3.8, 4) is 0 Å². The van der Waals surface area contributed by atoms with Crippen molar-refractivity contribution in [2.45, 2.75) is 39.8 Å². The molecule has 1 aromatic rings. The Morgan fingerprint density at radius 1 is 1.32 bits per heavy atom. The molecular formula is C14H20F2N2O. The molecule has 3 N–H and O–H groups in total. The van der Waals surface area contributed by atoms with Gasteiger partial charge in [-0.15, -0.1) is 0 Å². The largest absolute Gasteiger partial charge is 0.348 e. The van der Waals surface area contributed by atoms with Gasteiger partial charge in [-0.1, -0.05) is 20.8 Å². The number of carbonyl (C=O) groups is 1. The van der Waals surface area contributed by atoms with E-state index in [1.807, 2.05) is 20.8 Å². The van der Waals surface area contributed by atoms with Crippen LogP contribution in [0.4, 0.5) is 8.78 Å². The fourth-order valence-corrected chi connectivity index (χ4v) is 1.62. The number of hydrogen-bond acceptors (Lipinski definition) is 2. The lowest BCUT2D eigenvalue weighted by atomic mass is 9.86. The molecule has 0 aliphatic rings. The minimum absolute atomic E-state index is 0.106. The highest BCUT2D eigenvalue weighted by atomic mass is 19.1. The summed E-state index contributed by atoms with van der Waals surface area (Å²) >= 11 is 0. The summed E-state index contributed by atoms with van der Waals surface area (Å²) in [5, 5.41) is 2.60. The van der Waals surface area contributed by atoms with Crippen LogP contribution >= 0.6 is 0 Å². The summed E-state index contributed by atoms with van der Waals surface area (Å²) < 4.78 is 26.6. The average molecular weight is 270 g/mol. The van der Waals surface area contributed by atoms with E-state index in [0.29, 0.717) is 0 Å². The number of benzene rings is 1. The molecule has 0 spiro atoms. The molecule has 0 aromatic heterocycles. The van der Waals surface area contributed by atoms with Crippen molar-refractivity contribution >= 4 is 5.91 Å². The summed E-state index contributed by atoms with van der Waals surface area (Å²) in [4.78, 5) is 11.9.